The number of nitrogens with zero attached hydrogens (tertiary/aromatic N) is 3. The standard InChI is InChI=1S/C11H19N5O3/c1-15(2)9(17)7-16(4-5-19-3)11(18)10-8(12)6-13-14-10/h6H,4-5,7,12H2,1-3H3,(H,13,14). The van der Waals surface area contributed by atoms with E-state index in [1.54, 1.807) is 14.1 Å². The zero-order valence-corrected chi connectivity index (χ0v) is 11.3. The SMILES string of the molecule is COCCN(CC(=O)N(C)C)C(=O)c1[nH]ncc1N. The van der Waals surface area contributed by atoms with Crippen LogP contribution in [-0.4, -0.2) is 72.7 Å². The molecule has 0 aliphatic rings. The lowest BCUT2D eigenvalue weighted by molar-refractivity contribution is -0.129. The molecule has 0 spiro atoms. The predicted molar refractivity (Wildman–Crippen MR) is 69.5 cm³/mol. The summed E-state index contributed by atoms with van der Waals surface area (Å²) >= 11 is 0. The van der Waals surface area contributed by atoms with Crippen LogP contribution < -0.4 is 5.73 Å². The maximum absolute atomic E-state index is 12.2. The average Bonchev–Trinajstić information content (AvgIpc) is 2.79. The Hall–Kier alpha value is -2.09. The number of aromatic nitrogens is 2. The first-order chi connectivity index (χ1) is 8.97. The molecule has 0 aliphatic heterocycles. The summed E-state index contributed by atoms with van der Waals surface area (Å²) in [7, 11) is 4.79. The number of nitrogen functional groups attached to an aromatic ring is 1. The number of amides is 2. The third-order valence-corrected chi connectivity index (χ3v) is 2.56. The summed E-state index contributed by atoms with van der Waals surface area (Å²) in [6, 6.07) is 0. The van der Waals surface area contributed by atoms with Crippen LogP contribution >= 0.6 is 0 Å². The Morgan fingerprint density at radius 3 is 2.63 bits per heavy atom. The zero-order chi connectivity index (χ0) is 14.4. The minimum Gasteiger partial charge on any atom is -0.396 e. The summed E-state index contributed by atoms with van der Waals surface area (Å²) in [5.74, 6) is -0.551. The molecule has 1 rings (SSSR count). The van der Waals surface area contributed by atoms with E-state index < -0.39 is 0 Å². The number of aromatic amines is 1. The molecule has 19 heavy (non-hydrogen) atoms. The van der Waals surface area contributed by atoms with E-state index in [9.17, 15) is 9.59 Å². The maximum Gasteiger partial charge on any atom is 0.274 e. The topological polar surface area (TPSA) is 105 Å². The van der Waals surface area contributed by atoms with Crippen molar-refractivity contribution in [2.45, 2.75) is 0 Å². The first kappa shape index (κ1) is 15.0. The minimum atomic E-state index is -0.373. The molecular formula is C11H19N5O3. The largest absolute Gasteiger partial charge is 0.396 e. The van der Waals surface area contributed by atoms with Crippen LogP contribution in [-0.2, 0) is 9.53 Å². The molecule has 0 saturated carbocycles. The number of likely N-dealkylation sites (N-methyl/N-ethyl adjacent to an activating group) is 1. The van der Waals surface area contributed by atoms with Crippen molar-refractivity contribution in [3.63, 3.8) is 0 Å². The third kappa shape index (κ3) is 3.95. The van der Waals surface area contributed by atoms with E-state index >= 15 is 0 Å². The molecule has 0 saturated heterocycles. The van der Waals surface area contributed by atoms with Crippen molar-refractivity contribution in [1.29, 1.82) is 0 Å². The summed E-state index contributed by atoms with van der Waals surface area (Å²) in [6.45, 7) is 0.599. The highest BCUT2D eigenvalue weighted by molar-refractivity contribution is 5.98. The molecular weight excluding hydrogens is 250 g/mol. The van der Waals surface area contributed by atoms with Crippen molar-refractivity contribution in [2.24, 2.45) is 0 Å². The smallest absolute Gasteiger partial charge is 0.274 e. The summed E-state index contributed by atoms with van der Waals surface area (Å²) in [6.07, 6.45) is 1.36. The Balaban J connectivity index is 2.81. The van der Waals surface area contributed by atoms with Gasteiger partial charge in [0.15, 0.2) is 0 Å². The van der Waals surface area contributed by atoms with Crippen molar-refractivity contribution < 1.29 is 14.3 Å². The highest BCUT2D eigenvalue weighted by Gasteiger charge is 2.22. The fourth-order valence-corrected chi connectivity index (χ4v) is 1.38. The molecule has 8 nitrogen and oxygen atoms in total. The van der Waals surface area contributed by atoms with E-state index in [-0.39, 0.29) is 29.7 Å². The Labute approximate surface area is 111 Å². The Bertz CT molecular complexity index is 443. The van der Waals surface area contributed by atoms with E-state index in [2.05, 4.69) is 10.2 Å². The van der Waals surface area contributed by atoms with E-state index in [0.29, 0.717) is 13.2 Å². The number of H-pyrrole nitrogens is 1. The second kappa shape index (κ2) is 6.74. The number of methoxy groups -OCH3 is 1. The second-order valence-corrected chi connectivity index (χ2v) is 4.21. The number of hydrogen-bond acceptors (Lipinski definition) is 5. The monoisotopic (exact) mass is 269 g/mol. The van der Waals surface area contributed by atoms with Gasteiger partial charge in [-0.15, -0.1) is 0 Å². The molecule has 0 unspecified atom stereocenters. The minimum absolute atomic E-state index is 0.0341. The van der Waals surface area contributed by atoms with Gasteiger partial charge in [-0.1, -0.05) is 0 Å². The first-order valence-corrected chi connectivity index (χ1v) is 5.74. The fraction of sp³-hybridized carbons (Fsp3) is 0.545. The lowest BCUT2D eigenvalue weighted by Gasteiger charge is -2.23. The van der Waals surface area contributed by atoms with Crippen LogP contribution in [0.25, 0.3) is 0 Å². The highest BCUT2D eigenvalue weighted by Crippen LogP contribution is 2.10. The number of hydrogen-bond donors (Lipinski definition) is 2. The van der Waals surface area contributed by atoms with Gasteiger partial charge in [0.25, 0.3) is 5.91 Å². The number of ether oxygens (including phenoxy) is 1. The Kier molecular flexibility index (Phi) is 5.31. The molecule has 0 aliphatic carbocycles. The van der Waals surface area contributed by atoms with Crippen molar-refractivity contribution in [3.8, 4) is 0 Å². The molecule has 2 amide bonds. The number of carbonyl (C=O) groups excluding carboxylic acids is 2. The van der Waals surface area contributed by atoms with Gasteiger partial charge in [-0.3, -0.25) is 14.7 Å². The summed E-state index contributed by atoms with van der Waals surface area (Å²) in [5, 5.41) is 6.23. The van der Waals surface area contributed by atoms with Gasteiger partial charge < -0.3 is 20.3 Å². The summed E-state index contributed by atoms with van der Waals surface area (Å²) in [4.78, 5) is 26.7. The van der Waals surface area contributed by atoms with Crippen molar-refractivity contribution in [2.75, 3.05) is 46.6 Å². The zero-order valence-electron chi connectivity index (χ0n) is 11.3. The van der Waals surface area contributed by atoms with Crippen LogP contribution in [0.15, 0.2) is 6.20 Å². The van der Waals surface area contributed by atoms with Crippen molar-refractivity contribution in [1.82, 2.24) is 20.0 Å². The van der Waals surface area contributed by atoms with Gasteiger partial charge in [-0.25, -0.2) is 0 Å². The molecule has 0 radical (unpaired) electrons. The molecule has 1 heterocycles. The van der Waals surface area contributed by atoms with Crippen molar-refractivity contribution in [3.05, 3.63) is 11.9 Å². The van der Waals surface area contributed by atoms with Crippen LogP contribution in [0, 0.1) is 0 Å². The van der Waals surface area contributed by atoms with Crippen LogP contribution in [0.4, 0.5) is 5.69 Å². The number of anilines is 1. The molecule has 1 aromatic rings. The number of nitrogens with two attached hydrogens (primary N) is 1. The average molecular weight is 269 g/mol. The summed E-state index contributed by atoms with van der Waals surface area (Å²) in [5.41, 5.74) is 6.07. The number of nitrogens with one attached hydrogen (secondary N) is 1. The van der Waals surface area contributed by atoms with Crippen LogP contribution in [0.2, 0.25) is 0 Å². The maximum atomic E-state index is 12.2. The first-order valence-electron chi connectivity index (χ1n) is 5.74. The predicted octanol–water partition coefficient (Wildman–Crippen LogP) is -0.831. The molecule has 0 aromatic carbocycles. The molecule has 0 bridgehead atoms. The molecule has 0 atom stereocenters. The lowest BCUT2D eigenvalue weighted by Crippen LogP contribution is -2.42. The number of carbonyl (C=O) groups is 2. The van der Waals surface area contributed by atoms with Crippen LogP contribution in [0.5, 0.6) is 0 Å². The number of rotatable bonds is 6. The van der Waals surface area contributed by atoms with E-state index in [0.717, 1.165) is 0 Å². The van der Waals surface area contributed by atoms with Crippen LogP contribution in [0.1, 0.15) is 10.5 Å². The van der Waals surface area contributed by atoms with Crippen LogP contribution in [0.3, 0.4) is 0 Å². The van der Waals surface area contributed by atoms with Gasteiger partial charge in [0.1, 0.15) is 12.2 Å². The Morgan fingerprint density at radius 2 is 2.16 bits per heavy atom. The van der Waals surface area contributed by atoms with E-state index in [1.807, 2.05) is 0 Å². The van der Waals surface area contributed by atoms with E-state index in [4.69, 9.17) is 10.5 Å². The summed E-state index contributed by atoms with van der Waals surface area (Å²) < 4.78 is 4.94. The van der Waals surface area contributed by atoms with E-state index in [1.165, 1.54) is 23.1 Å². The molecule has 3 N–H and O–H groups in total. The molecule has 1 aromatic heterocycles. The van der Waals surface area contributed by atoms with Gasteiger partial charge >= 0.3 is 0 Å². The lowest BCUT2D eigenvalue weighted by atomic mass is 10.3. The van der Waals surface area contributed by atoms with Gasteiger partial charge in [-0.2, -0.15) is 5.10 Å². The van der Waals surface area contributed by atoms with Gasteiger partial charge in [0.05, 0.1) is 18.5 Å². The molecule has 0 fully saturated rings. The van der Waals surface area contributed by atoms with Gasteiger partial charge in [0, 0.05) is 27.7 Å². The normalized spacial score (nSPS) is 10.3. The quantitative estimate of drug-likeness (QED) is 0.701. The van der Waals surface area contributed by atoms with Crippen molar-refractivity contribution >= 4 is 17.5 Å². The molecule has 8 heteroatoms. The van der Waals surface area contributed by atoms with Gasteiger partial charge in [0.2, 0.25) is 5.91 Å². The third-order valence-electron chi connectivity index (χ3n) is 2.56. The highest BCUT2D eigenvalue weighted by atomic mass is 16.5. The Morgan fingerprint density at radius 1 is 1.47 bits per heavy atom. The van der Waals surface area contributed by atoms with Gasteiger partial charge in [-0.05, 0) is 0 Å². The fourth-order valence-electron chi connectivity index (χ4n) is 1.38. The molecule has 106 valence electrons. The second-order valence-electron chi connectivity index (χ2n) is 4.21.